The van der Waals surface area contributed by atoms with E-state index in [1.807, 2.05) is 48.5 Å². The first-order valence-electron chi connectivity index (χ1n) is 7.02. The average molecular weight is 349 g/mol. The number of aliphatic hydroxyl groups is 1. The second kappa shape index (κ2) is 9.36. The van der Waals surface area contributed by atoms with Gasteiger partial charge in [0.25, 0.3) is 0 Å². The van der Waals surface area contributed by atoms with Gasteiger partial charge in [-0.05, 0) is 48.5 Å². The molecule has 0 bridgehead atoms. The number of terminal acetylenes is 1. The molecule has 1 unspecified atom stereocenters. The van der Waals surface area contributed by atoms with Crippen LogP contribution in [0.15, 0.2) is 58.3 Å². The van der Waals surface area contributed by atoms with Gasteiger partial charge in [-0.1, -0.05) is 17.7 Å². The van der Waals surface area contributed by atoms with Crippen molar-refractivity contribution in [3.05, 3.63) is 48.5 Å². The number of halogens is 1. The van der Waals surface area contributed by atoms with E-state index in [1.165, 1.54) is 0 Å². The molecule has 5 heteroatoms. The Balaban J connectivity index is 1.89. The van der Waals surface area contributed by atoms with Crippen molar-refractivity contribution in [1.29, 1.82) is 0 Å². The van der Waals surface area contributed by atoms with Crippen molar-refractivity contribution in [2.45, 2.75) is 15.9 Å². The topological polar surface area (TPSA) is 38.7 Å². The standard InChI is InChI=1S/C18H17ClO3S/c1-2-11-21-15-3-7-17(8-4-15)23-18-9-5-16(6-10-18)22-13-14(20)12-19/h1,3-10,14,20H,11-13H2. The average Bonchev–Trinajstić information content (AvgIpc) is 2.60. The number of rotatable bonds is 8. The number of ether oxygens (including phenoxy) is 2. The number of alkyl halides is 1. The third kappa shape index (κ3) is 6.07. The normalized spacial score (nSPS) is 11.5. The van der Waals surface area contributed by atoms with Crippen LogP contribution in [0.4, 0.5) is 0 Å². The molecule has 0 saturated heterocycles. The molecule has 1 N–H and O–H groups in total. The summed E-state index contributed by atoms with van der Waals surface area (Å²) in [4.78, 5) is 2.19. The van der Waals surface area contributed by atoms with Crippen molar-refractivity contribution >= 4 is 23.4 Å². The molecule has 0 saturated carbocycles. The molecule has 23 heavy (non-hydrogen) atoms. The molecule has 0 aliphatic carbocycles. The van der Waals surface area contributed by atoms with Gasteiger partial charge in [-0.15, -0.1) is 18.0 Å². The second-order valence-electron chi connectivity index (χ2n) is 4.66. The van der Waals surface area contributed by atoms with Gasteiger partial charge in [-0.25, -0.2) is 0 Å². The predicted octanol–water partition coefficient (Wildman–Crippen LogP) is 3.83. The van der Waals surface area contributed by atoms with Crippen molar-refractivity contribution in [3.63, 3.8) is 0 Å². The van der Waals surface area contributed by atoms with Gasteiger partial charge in [0.05, 0.1) is 5.88 Å². The number of benzene rings is 2. The molecule has 0 amide bonds. The van der Waals surface area contributed by atoms with E-state index in [4.69, 9.17) is 27.5 Å². The molecule has 2 aromatic carbocycles. The van der Waals surface area contributed by atoms with Crippen molar-refractivity contribution in [2.24, 2.45) is 0 Å². The van der Waals surface area contributed by atoms with Crippen LogP contribution in [0.2, 0.25) is 0 Å². The lowest BCUT2D eigenvalue weighted by atomic mass is 10.3. The summed E-state index contributed by atoms with van der Waals surface area (Å²) in [7, 11) is 0. The van der Waals surface area contributed by atoms with Crippen LogP contribution in [0.5, 0.6) is 11.5 Å². The lowest BCUT2D eigenvalue weighted by Gasteiger charge is -2.10. The molecule has 2 aromatic rings. The summed E-state index contributed by atoms with van der Waals surface area (Å²) >= 11 is 7.16. The van der Waals surface area contributed by atoms with Crippen LogP contribution in [0.25, 0.3) is 0 Å². The van der Waals surface area contributed by atoms with E-state index >= 15 is 0 Å². The summed E-state index contributed by atoms with van der Waals surface area (Å²) in [6.45, 7) is 0.460. The lowest BCUT2D eigenvalue weighted by Crippen LogP contribution is -2.18. The van der Waals surface area contributed by atoms with Crippen LogP contribution in [0, 0.1) is 12.3 Å². The fourth-order valence-electron chi connectivity index (χ4n) is 1.71. The van der Waals surface area contributed by atoms with E-state index in [2.05, 4.69) is 5.92 Å². The van der Waals surface area contributed by atoms with E-state index in [1.54, 1.807) is 11.8 Å². The van der Waals surface area contributed by atoms with Gasteiger partial charge >= 0.3 is 0 Å². The maximum atomic E-state index is 9.36. The highest BCUT2D eigenvalue weighted by molar-refractivity contribution is 7.99. The van der Waals surface area contributed by atoms with Gasteiger partial charge < -0.3 is 14.6 Å². The van der Waals surface area contributed by atoms with Crippen LogP contribution in [0.1, 0.15) is 0 Å². The molecule has 0 aliphatic heterocycles. The van der Waals surface area contributed by atoms with Crippen molar-refractivity contribution in [3.8, 4) is 23.8 Å². The van der Waals surface area contributed by atoms with Crippen LogP contribution in [-0.4, -0.2) is 30.3 Å². The lowest BCUT2D eigenvalue weighted by molar-refractivity contribution is 0.125. The first kappa shape index (κ1) is 17.6. The second-order valence-corrected chi connectivity index (χ2v) is 6.11. The Morgan fingerprint density at radius 1 is 1.00 bits per heavy atom. The molecule has 0 heterocycles. The van der Waals surface area contributed by atoms with Gasteiger partial charge in [0.2, 0.25) is 0 Å². The summed E-state index contributed by atoms with van der Waals surface area (Å²) < 4.78 is 10.8. The molecule has 0 fully saturated rings. The zero-order valence-electron chi connectivity index (χ0n) is 12.4. The van der Waals surface area contributed by atoms with Crippen molar-refractivity contribution in [2.75, 3.05) is 19.1 Å². The van der Waals surface area contributed by atoms with Gasteiger partial charge in [-0.3, -0.25) is 0 Å². The molecule has 0 aromatic heterocycles. The molecule has 0 spiro atoms. The number of hydrogen-bond donors (Lipinski definition) is 1. The quantitative estimate of drug-likeness (QED) is 0.581. The highest BCUT2D eigenvalue weighted by atomic mass is 35.5. The molecule has 3 nitrogen and oxygen atoms in total. The predicted molar refractivity (Wildman–Crippen MR) is 93.6 cm³/mol. The molecule has 0 aliphatic rings. The molecule has 1 atom stereocenters. The number of aliphatic hydroxyl groups excluding tert-OH is 1. The van der Waals surface area contributed by atoms with Crippen molar-refractivity contribution < 1.29 is 14.6 Å². The first-order valence-corrected chi connectivity index (χ1v) is 8.37. The van der Waals surface area contributed by atoms with Crippen LogP contribution < -0.4 is 9.47 Å². The minimum Gasteiger partial charge on any atom is -0.491 e. The Kier molecular flexibility index (Phi) is 7.15. The molecule has 0 radical (unpaired) electrons. The molecular formula is C18H17ClO3S. The fraction of sp³-hybridized carbons (Fsp3) is 0.222. The monoisotopic (exact) mass is 348 g/mol. The van der Waals surface area contributed by atoms with E-state index in [0.717, 1.165) is 15.5 Å². The van der Waals surface area contributed by atoms with E-state index in [0.29, 0.717) is 5.75 Å². The maximum Gasteiger partial charge on any atom is 0.148 e. The van der Waals surface area contributed by atoms with Crippen LogP contribution in [0.3, 0.4) is 0 Å². The van der Waals surface area contributed by atoms with Gasteiger partial charge in [0.15, 0.2) is 0 Å². The summed E-state index contributed by atoms with van der Waals surface area (Å²) in [5.74, 6) is 4.06. The van der Waals surface area contributed by atoms with Gasteiger partial charge in [-0.2, -0.15) is 0 Å². The Morgan fingerprint density at radius 3 is 2.00 bits per heavy atom. The molecular weight excluding hydrogens is 332 g/mol. The maximum absolute atomic E-state index is 9.36. The van der Waals surface area contributed by atoms with Crippen LogP contribution in [-0.2, 0) is 0 Å². The SMILES string of the molecule is C#CCOc1ccc(Sc2ccc(OCC(O)CCl)cc2)cc1. The Bertz CT molecular complexity index is 635. The highest BCUT2D eigenvalue weighted by Crippen LogP contribution is 2.30. The van der Waals surface area contributed by atoms with E-state index in [9.17, 15) is 5.11 Å². The first-order chi connectivity index (χ1) is 11.2. The Morgan fingerprint density at radius 2 is 1.52 bits per heavy atom. The third-order valence-corrected chi connectivity index (χ3v) is 4.20. The highest BCUT2D eigenvalue weighted by Gasteiger charge is 2.04. The van der Waals surface area contributed by atoms with Crippen LogP contribution >= 0.6 is 23.4 Å². The molecule has 120 valence electrons. The zero-order chi connectivity index (χ0) is 16.5. The third-order valence-electron chi connectivity index (χ3n) is 2.83. The van der Waals surface area contributed by atoms with Gasteiger partial charge in [0.1, 0.15) is 30.8 Å². The fourth-order valence-corrected chi connectivity index (χ4v) is 2.61. The smallest absolute Gasteiger partial charge is 0.148 e. The minimum absolute atomic E-state index is 0.162. The zero-order valence-corrected chi connectivity index (χ0v) is 14.0. The summed E-state index contributed by atoms with van der Waals surface area (Å²) in [6, 6.07) is 15.4. The number of hydrogen-bond acceptors (Lipinski definition) is 4. The van der Waals surface area contributed by atoms with E-state index in [-0.39, 0.29) is 19.1 Å². The van der Waals surface area contributed by atoms with E-state index < -0.39 is 6.10 Å². The Hall–Kier alpha value is -1.80. The largest absolute Gasteiger partial charge is 0.491 e. The summed E-state index contributed by atoms with van der Waals surface area (Å²) in [5, 5.41) is 9.36. The van der Waals surface area contributed by atoms with Crippen molar-refractivity contribution in [1.82, 2.24) is 0 Å². The van der Waals surface area contributed by atoms with Gasteiger partial charge in [0, 0.05) is 9.79 Å². The summed E-state index contributed by atoms with van der Waals surface area (Å²) in [5.41, 5.74) is 0. The minimum atomic E-state index is -0.652. The summed E-state index contributed by atoms with van der Waals surface area (Å²) in [6.07, 6.45) is 4.50. The molecule has 2 rings (SSSR count). The Labute approximate surface area is 145 Å².